The summed E-state index contributed by atoms with van der Waals surface area (Å²) in [6.45, 7) is 0. The van der Waals surface area contributed by atoms with Crippen molar-refractivity contribution in [1.82, 2.24) is 0 Å². The Morgan fingerprint density at radius 2 is 1.07 bits per heavy atom. The van der Waals surface area contributed by atoms with Crippen LogP contribution in [0.4, 0.5) is 0 Å². The van der Waals surface area contributed by atoms with Gasteiger partial charge in [0.1, 0.15) is 0 Å². The van der Waals surface area contributed by atoms with E-state index in [-0.39, 0.29) is 19.8 Å². The van der Waals surface area contributed by atoms with Crippen LogP contribution in [-0.4, -0.2) is 19.8 Å². The van der Waals surface area contributed by atoms with E-state index in [1.807, 2.05) is 0 Å². The Bertz CT molecular complexity index is 417. The molecule has 0 unspecified atom stereocenters. The third-order valence-electron chi connectivity index (χ3n) is 2.71. The molecule has 1 aliphatic rings. The third kappa shape index (κ3) is 1.33. The third-order valence-corrected chi connectivity index (χ3v) is 2.71. The van der Waals surface area contributed by atoms with Crippen LogP contribution in [0.15, 0.2) is 48.5 Å². The molecule has 0 spiro atoms. The fourth-order valence-corrected chi connectivity index (χ4v) is 2.08. The van der Waals surface area contributed by atoms with Crippen molar-refractivity contribution in [3.63, 3.8) is 0 Å². The Balaban J connectivity index is 0.000000750. The van der Waals surface area contributed by atoms with Gasteiger partial charge >= 0.3 is 0 Å². The van der Waals surface area contributed by atoms with Crippen LogP contribution in [0.25, 0.3) is 11.1 Å². The fourth-order valence-electron chi connectivity index (χ4n) is 2.08. The summed E-state index contributed by atoms with van der Waals surface area (Å²) in [4.78, 5) is 0. The van der Waals surface area contributed by atoms with E-state index in [4.69, 9.17) is 0 Å². The molecule has 0 nitrogen and oxygen atoms in total. The van der Waals surface area contributed by atoms with Crippen molar-refractivity contribution in [2.24, 2.45) is 0 Å². The molecule has 0 bridgehead atoms. The van der Waals surface area contributed by atoms with Gasteiger partial charge in [-0.3, -0.25) is 0 Å². The van der Waals surface area contributed by atoms with Crippen LogP contribution in [0.2, 0.25) is 0 Å². The Hall–Kier alpha value is -0.924. The molecule has 0 aliphatic heterocycles. The molecule has 0 atom stereocenters. The SMILES string of the molecule is [Ga].c1ccc2c(c1)Cc1ccccc1-2. The molecule has 3 radical (unpaired) electrons. The Labute approximate surface area is 97.0 Å². The monoisotopic (exact) mass is 235 g/mol. The first-order chi connectivity index (χ1) is 6.45. The second-order valence-electron chi connectivity index (χ2n) is 3.49. The fraction of sp³-hybridized carbons (Fsp3) is 0.0769. The van der Waals surface area contributed by atoms with E-state index in [1.54, 1.807) is 0 Å². The van der Waals surface area contributed by atoms with E-state index in [0.717, 1.165) is 6.42 Å². The standard InChI is InChI=1S/C13H10.Ga/c1-3-7-12-10(5-1)9-11-6-2-4-8-13(11)12;/h1-8H,9H2;. The van der Waals surface area contributed by atoms with Gasteiger partial charge in [0, 0.05) is 19.8 Å². The van der Waals surface area contributed by atoms with Crippen LogP contribution in [0.1, 0.15) is 11.1 Å². The number of benzene rings is 2. The average Bonchev–Trinajstić information content (AvgIpc) is 2.56. The Morgan fingerprint density at radius 1 is 0.643 bits per heavy atom. The normalized spacial score (nSPS) is 11.4. The van der Waals surface area contributed by atoms with Gasteiger partial charge in [0.25, 0.3) is 0 Å². The van der Waals surface area contributed by atoms with E-state index in [9.17, 15) is 0 Å². The molecule has 3 rings (SSSR count). The van der Waals surface area contributed by atoms with Gasteiger partial charge < -0.3 is 0 Å². The molecule has 2 aromatic carbocycles. The van der Waals surface area contributed by atoms with Crippen molar-refractivity contribution in [2.75, 3.05) is 0 Å². The van der Waals surface area contributed by atoms with Crippen molar-refractivity contribution in [3.05, 3.63) is 59.7 Å². The van der Waals surface area contributed by atoms with Crippen LogP contribution in [0.3, 0.4) is 0 Å². The molecule has 1 aliphatic carbocycles. The molecule has 0 aromatic heterocycles. The van der Waals surface area contributed by atoms with Gasteiger partial charge in [-0.05, 0) is 28.7 Å². The van der Waals surface area contributed by atoms with Crippen LogP contribution in [0.5, 0.6) is 0 Å². The van der Waals surface area contributed by atoms with Crippen molar-refractivity contribution < 1.29 is 0 Å². The molecule has 2 aromatic rings. The number of hydrogen-bond acceptors (Lipinski definition) is 0. The zero-order chi connectivity index (χ0) is 8.67. The maximum Gasteiger partial charge on any atom is 0 e. The molecule has 0 heterocycles. The zero-order valence-corrected chi connectivity index (χ0v) is 10.3. The Morgan fingerprint density at radius 3 is 1.57 bits per heavy atom. The molecule has 0 amide bonds. The van der Waals surface area contributed by atoms with Gasteiger partial charge in [0.15, 0.2) is 0 Å². The molecule has 65 valence electrons. The first-order valence-electron chi connectivity index (χ1n) is 4.61. The average molecular weight is 236 g/mol. The quantitative estimate of drug-likeness (QED) is 0.526. The summed E-state index contributed by atoms with van der Waals surface area (Å²) in [5.41, 5.74) is 5.75. The largest absolute Gasteiger partial charge is 0.0619 e. The molecular weight excluding hydrogens is 226 g/mol. The first-order valence-corrected chi connectivity index (χ1v) is 4.61. The summed E-state index contributed by atoms with van der Waals surface area (Å²) in [5, 5.41) is 0. The van der Waals surface area contributed by atoms with Gasteiger partial charge in [0.05, 0.1) is 0 Å². The predicted octanol–water partition coefficient (Wildman–Crippen LogP) is 2.88. The van der Waals surface area contributed by atoms with Crippen molar-refractivity contribution in [2.45, 2.75) is 6.42 Å². The second-order valence-corrected chi connectivity index (χ2v) is 3.49. The van der Waals surface area contributed by atoms with Gasteiger partial charge in [-0.25, -0.2) is 0 Å². The number of hydrogen-bond donors (Lipinski definition) is 0. The van der Waals surface area contributed by atoms with Crippen LogP contribution in [0, 0.1) is 0 Å². The van der Waals surface area contributed by atoms with Gasteiger partial charge in [-0.2, -0.15) is 0 Å². The van der Waals surface area contributed by atoms with E-state index >= 15 is 0 Å². The minimum atomic E-state index is 0. The van der Waals surface area contributed by atoms with E-state index in [1.165, 1.54) is 22.3 Å². The molecule has 0 saturated carbocycles. The summed E-state index contributed by atoms with van der Waals surface area (Å²) in [6, 6.07) is 17.3. The first kappa shape index (κ1) is 9.62. The number of fused-ring (bicyclic) bond motifs is 3. The van der Waals surface area contributed by atoms with Crippen molar-refractivity contribution >= 4 is 19.8 Å². The van der Waals surface area contributed by atoms with Gasteiger partial charge in [0.2, 0.25) is 0 Å². The maximum absolute atomic E-state index is 2.22. The van der Waals surface area contributed by atoms with Crippen LogP contribution in [-0.2, 0) is 6.42 Å². The van der Waals surface area contributed by atoms with Crippen molar-refractivity contribution in [1.29, 1.82) is 0 Å². The minimum Gasteiger partial charge on any atom is -0.0619 e. The molecule has 0 N–H and O–H groups in total. The second kappa shape index (κ2) is 3.68. The van der Waals surface area contributed by atoms with Gasteiger partial charge in [-0.15, -0.1) is 0 Å². The molecular formula is C13H10Ga. The summed E-state index contributed by atoms with van der Waals surface area (Å²) < 4.78 is 0. The van der Waals surface area contributed by atoms with Crippen molar-refractivity contribution in [3.8, 4) is 11.1 Å². The topological polar surface area (TPSA) is 0 Å². The Kier molecular flexibility index (Phi) is 2.53. The summed E-state index contributed by atoms with van der Waals surface area (Å²) in [5.74, 6) is 0. The smallest absolute Gasteiger partial charge is 0 e. The van der Waals surface area contributed by atoms with Gasteiger partial charge in [-0.1, -0.05) is 48.5 Å². The molecule has 0 fully saturated rings. The van der Waals surface area contributed by atoms with E-state index < -0.39 is 0 Å². The predicted molar refractivity (Wildman–Crippen MR) is 60.4 cm³/mol. The van der Waals surface area contributed by atoms with E-state index in [0.29, 0.717) is 0 Å². The maximum atomic E-state index is 2.22. The summed E-state index contributed by atoms with van der Waals surface area (Å²) >= 11 is 0. The van der Waals surface area contributed by atoms with Crippen LogP contribution < -0.4 is 0 Å². The summed E-state index contributed by atoms with van der Waals surface area (Å²) in [6.07, 6.45) is 1.10. The molecule has 0 saturated heterocycles. The van der Waals surface area contributed by atoms with E-state index in [2.05, 4.69) is 48.5 Å². The molecule has 1 heteroatoms. The zero-order valence-electron chi connectivity index (χ0n) is 7.90. The summed E-state index contributed by atoms with van der Waals surface area (Å²) in [7, 11) is 0. The number of rotatable bonds is 0. The van der Waals surface area contributed by atoms with Crippen LogP contribution >= 0.6 is 0 Å². The molecule has 14 heavy (non-hydrogen) atoms. The minimum absolute atomic E-state index is 0.